The number of rotatable bonds is 11. The first-order valence-corrected chi connectivity index (χ1v) is 13.6. The van der Waals surface area contributed by atoms with Crippen molar-refractivity contribution < 1.29 is 28.5 Å². The molecule has 4 rings (SSSR count). The van der Waals surface area contributed by atoms with Crippen molar-refractivity contribution >= 4 is 39.6 Å². The Morgan fingerprint density at radius 2 is 1.45 bits per heavy atom. The zero-order chi connectivity index (χ0) is 30.1. The van der Waals surface area contributed by atoms with E-state index in [1.807, 2.05) is 48.5 Å². The lowest BCUT2D eigenvalue weighted by atomic mass is 10.1. The number of benzene rings is 4. The summed E-state index contributed by atoms with van der Waals surface area (Å²) in [6.45, 7) is 0.244. The molecule has 2 amide bonds. The lowest BCUT2D eigenvalue weighted by Gasteiger charge is -2.25. The van der Waals surface area contributed by atoms with Crippen LogP contribution in [0.1, 0.15) is 31.8 Å². The topological polar surface area (TPSA) is 98.7 Å². The van der Waals surface area contributed by atoms with E-state index in [0.717, 1.165) is 15.6 Å². The molecule has 10 heteroatoms. The molecule has 0 aliphatic carbocycles. The maximum absolute atomic E-state index is 13.9. The third-order valence-electron chi connectivity index (χ3n) is 6.33. The number of hydrogen-bond acceptors (Lipinski definition) is 7. The van der Waals surface area contributed by atoms with E-state index in [-0.39, 0.29) is 12.5 Å². The normalized spacial score (nSPS) is 10.7. The highest BCUT2D eigenvalue weighted by Gasteiger charge is 2.23. The molecule has 0 atom stereocenters. The molecule has 0 saturated heterocycles. The van der Waals surface area contributed by atoms with E-state index in [4.69, 9.17) is 18.9 Å². The lowest BCUT2D eigenvalue weighted by Crippen LogP contribution is -2.30. The number of carbonyl (C=O) groups excluding carboxylic acids is 2. The molecule has 0 radical (unpaired) electrons. The summed E-state index contributed by atoms with van der Waals surface area (Å²) in [5.41, 5.74) is 5.48. The second-order valence-electron chi connectivity index (χ2n) is 8.95. The van der Waals surface area contributed by atoms with Crippen molar-refractivity contribution in [2.24, 2.45) is 5.10 Å². The van der Waals surface area contributed by atoms with Gasteiger partial charge < -0.3 is 23.8 Å². The van der Waals surface area contributed by atoms with Crippen molar-refractivity contribution in [1.29, 1.82) is 0 Å². The van der Waals surface area contributed by atoms with Crippen LogP contribution in [0.4, 0.5) is 5.69 Å². The van der Waals surface area contributed by atoms with Crippen LogP contribution in [0.2, 0.25) is 0 Å². The second kappa shape index (κ2) is 14.2. The van der Waals surface area contributed by atoms with Crippen molar-refractivity contribution in [2.75, 3.05) is 33.3 Å². The van der Waals surface area contributed by atoms with Gasteiger partial charge in [0.05, 0.1) is 46.9 Å². The number of hydrazone groups is 1. The summed E-state index contributed by atoms with van der Waals surface area (Å²) in [6.07, 6.45) is 1.55. The molecule has 0 bridgehead atoms. The number of methoxy groups -OCH3 is 4. The predicted molar refractivity (Wildman–Crippen MR) is 165 cm³/mol. The van der Waals surface area contributed by atoms with E-state index < -0.39 is 5.91 Å². The SMILES string of the molecule is COc1ccc(CN(C(=O)c2ccc(C(=O)N/N=C/c3cccc(Br)c3)cc2)c2cc(OC)c(OC)c(OC)c2)cc1. The molecular formula is C32H30BrN3O6. The fourth-order valence-electron chi connectivity index (χ4n) is 4.15. The molecule has 4 aromatic carbocycles. The molecule has 0 aliphatic rings. The van der Waals surface area contributed by atoms with Gasteiger partial charge in [0.25, 0.3) is 11.8 Å². The van der Waals surface area contributed by atoms with Gasteiger partial charge in [0.1, 0.15) is 5.75 Å². The molecule has 0 unspecified atom stereocenters. The number of nitrogens with one attached hydrogen (secondary N) is 1. The average Bonchev–Trinajstić information content (AvgIpc) is 3.02. The van der Waals surface area contributed by atoms with E-state index in [0.29, 0.717) is 39.8 Å². The highest BCUT2D eigenvalue weighted by molar-refractivity contribution is 9.10. The Bertz CT molecular complexity index is 1550. The summed E-state index contributed by atoms with van der Waals surface area (Å²) in [5.74, 6) is 1.25. The van der Waals surface area contributed by atoms with Crippen LogP contribution in [0.25, 0.3) is 0 Å². The first kappa shape index (κ1) is 30.1. The Morgan fingerprint density at radius 3 is 2.02 bits per heavy atom. The van der Waals surface area contributed by atoms with E-state index in [9.17, 15) is 9.59 Å². The smallest absolute Gasteiger partial charge is 0.271 e. The third-order valence-corrected chi connectivity index (χ3v) is 6.82. The van der Waals surface area contributed by atoms with Gasteiger partial charge in [0, 0.05) is 27.7 Å². The van der Waals surface area contributed by atoms with Gasteiger partial charge in [-0.15, -0.1) is 0 Å². The second-order valence-corrected chi connectivity index (χ2v) is 9.87. The third kappa shape index (κ3) is 7.27. The Balaban J connectivity index is 1.60. The molecule has 9 nitrogen and oxygen atoms in total. The minimum absolute atomic E-state index is 0.244. The molecule has 0 aliphatic heterocycles. The van der Waals surface area contributed by atoms with Crippen LogP contribution >= 0.6 is 15.9 Å². The molecule has 0 saturated carbocycles. The van der Waals surface area contributed by atoms with Crippen LogP contribution in [0.5, 0.6) is 23.0 Å². The molecule has 0 aromatic heterocycles. The van der Waals surface area contributed by atoms with Gasteiger partial charge in [0.2, 0.25) is 5.75 Å². The molecule has 42 heavy (non-hydrogen) atoms. The van der Waals surface area contributed by atoms with Crippen LogP contribution < -0.4 is 29.3 Å². The highest BCUT2D eigenvalue weighted by Crippen LogP contribution is 2.41. The quantitative estimate of drug-likeness (QED) is 0.159. The Labute approximate surface area is 252 Å². The van der Waals surface area contributed by atoms with Crippen LogP contribution in [-0.2, 0) is 6.54 Å². The van der Waals surface area contributed by atoms with Gasteiger partial charge in [-0.1, -0.05) is 40.2 Å². The first-order valence-electron chi connectivity index (χ1n) is 12.8. The minimum atomic E-state index is -0.403. The van der Waals surface area contributed by atoms with Gasteiger partial charge in [-0.05, 0) is 59.7 Å². The van der Waals surface area contributed by atoms with Gasteiger partial charge >= 0.3 is 0 Å². The maximum atomic E-state index is 13.9. The van der Waals surface area contributed by atoms with E-state index in [2.05, 4.69) is 26.5 Å². The average molecular weight is 633 g/mol. The fraction of sp³-hybridized carbons (Fsp3) is 0.156. The number of amides is 2. The van der Waals surface area contributed by atoms with Crippen molar-refractivity contribution in [3.8, 4) is 23.0 Å². The molecule has 216 valence electrons. The van der Waals surface area contributed by atoms with Crippen molar-refractivity contribution in [1.82, 2.24) is 5.43 Å². The Hall–Kier alpha value is -4.83. The summed E-state index contributed by atoms with van der Waals surface area (Å²) in [7, 11) is 6.15. The van der Waals surface area contributed by atoms with Crippen LogP contribution in [0.3, 0.4) is 0 Å². The monoisotopic (exact) mass is 631 g/mol. The van der Waals surface area contributed by atoms with Gasteiger partial charge in [0.15, 0.2) is 11.5 Å². The zero-order valence-electron chi connectivity index (χ0n) is 23.6. The number of hydrogen-bond donors (Lipinski definition) is 1. The summed E-state index contributed by atoms with van der Waals surface area (Å²) >= 11 is 3.40. The molecule has 1 N–H and O–H groups in total. The largest absolute Gasteiger partial charge is 0.497 e. The van der Waals surface area contributed by atoms with Crippen LogP contribution in [0, 0.1) is 0 Å². The van der Waals surface area contributed by atoms with E-state index >= 15 is 0 Å². The summed E-state index contributed by atoms with van der Waals surface area (Å²) in [5, 5.41) is 4.03. The standard InChI is InChI=1S/C32H30BrN3O6/c1-39-27-14-8-21(9-15-27)20-36(26-17-28(40-2)30(42-4)29(18-26)41-3)32(38)24-12-10-23(11-13-24)31(37)35-34-19-22-6-5-7-25(33)16-22/h5-19H,20H2,1-4H3,(H,35,37)/b34-19+. The number of ether oxygens (including phenoxy) is 4. The number of carbonyl (C=O) groups is 2. The van der Waals surface area contributed by atoms with E-state index in [1.165, 1.54) is 21.3 Å². The number of nitrogens with zero attached hydrogens (tertiary/aromatic N) is 2. The van der Waals surface area contributed by atoms with Gasteiger partial charge in [-0.2, -0.15) is 5.10 Å². The molecule has 0 spiro atoms. The summed E-state index contributed by atoms with van der Waals surface area (Å²) < 4.78 is 22.7. The molecule has 4 aromatic rings. The summed E-state index contributed by atoms with van der Waals surface area (Å²) in [6, 6.07) is 24.8. The lowest BCUT2D eigenvalue weighted by molar-refractivity contribution is 0.0951. The van der Waals surface area contributed by atoms with Crippen molar-refractivity contribution in [2.45, 2.75) is 6.54 Å². The van der Waals surface area contributed by atoms with Gasteiger partial charge in [-0.25, -0.2) is 5.43 Å². The van der Waals surface area contributed by atoms with Gasteiger partial charge in [-0.3, -0.25) is 9.59 Å². The molecular weight excluding hydrogens is 602 g/mol. The summed E-state index contributed by atoms with van der Waals surface area (Å²) in [4.78, 5) is 28.2. The Morgan fingerprint density at radius 1 is 0.810 bits per heavy atom. The fourth-order valence-corrected chi connectivity index (χ4v) is 4.57. The maximum Gasteiger partial charge on any atom is 0.271 e. The number of anilines is 1. The van der Waals surface area contributed by atoms with E-state index in [1.54, 1.807) is 54.6 Å². The minimum Gasteiger partial charge on any atom is -0.497 e. The predicted octanol–water partition coefficient (Wildman–Crippen LogP) is 6.09. The Kier molecular flexibility index (Phi) is 10.2. The molecule has 0 heterocycles. The van der Waals surface area contributed by atoms with Crippen LogP contribution in [-0.4, -0.2) is 46.5 Å². The first-order chi connectivity index (χ1) is 20.4. The highest BCUT2D eigenvalue weighted by atomic mass is 79.9. The number of halogens is 1. The van der Waals surface area contributed by atoms with Crippen molar-refractivity contribution in [3.63, 3.8) is 0 Å². The van der Waals surface area contributed by atoms with Crippen molar-refractivity contribution in [3.05, 3.63) is 112 Å². The molecule has 0 fully saturated rings. The zero-order valence-corrected chi connectivity index (χ0v) is 25.2. The van der Waals surface area contributed by atoms with Crippen LogP contribution in [0.15, 0.2) is 94.5 Å².